The summed E-state index contributed by atoms with van der Waals surface area (Å²) < 4.78 is 0. The number of hydrogen-bond acceptors (Lipinski definition) is 4. The van der Waals surface area contributed by atoms with Crippen LogP contribution in [0.25, 0.3) is 11.6 Å². The molecule has 0 amide bonds. The van der Waals surface area contributed by atoms with Gasteiger partial charge in [-0.1, -0.05) is 0 Å². The maximum absolute atomic E-state index is 6.02. The van der Waals surface area contributed by atoms with Crippen LogP contribution in [0, 0.1) is 13.8 Å². The molecule has 1 atom stereocenters. The van der Waals surface area contributed by atoms with Crippen molar-refractivity contribution in [1.29, 1.82) is 0 Å². The summed E-state index contributed by atoms with van der Waals surface area (Å²) in [5, 5.41) is -0.0945. The highest BCUT2D eigenvalue weighted by molar-refractivity contribution is 6.20. The third kappa shape index (κ3) is 2.58. The molecule has 1 unspecified atom stereocenters. The summed E-state index contributed by atoms with van der Waals surface area (Å²) in [7, 11) is 0. The largest absolute Gasteiger partial charge is 0.234 e. The fourth-order valence-corrected chi connectivity index (χ4v) is 1.70. The van der Waals surface area contributed by atoms with Crippen molar-refractivity contribution in [3.05, 3.63) is 35.4 Å². The van der Waals surface area contributed by atoms with Crippen LogP contribution in [0.2, 0.25) is 0 Å². The Morgan fingerprint density at radius 2 is 1.59 bits per heavy atom. The Hall–Kier alpha value is -1.55. The quantitative estimate of drug-likeness (QED) is 0.767. The van der Waals surface area contributed by atoms with E-state index in [0.717, 1.165) is 16.8 Å². The fourth-order valence-electron chi connectivity index (χ4n) is 1.48. The van der Waals surface area contributed by atoms with Crippen molar-refractivity contribution >= 4 is 11.6 Å². The van der Waals surface area contributed by atoms with E-state index in [1.54, 1.807) is 18.6 Å². The first-order valence-corrected chi connectivity index (χ1v) is 5.78. The molecule has 0 aliphatic carbocycles. The Labute approximate surface area is 105 Å². The molecule has 88 valence electrons. The second kappa shape index (κ2) is 4.75. The molecule has 5 heteroatoms. The Balaban J connectivity index is 2.41. The van der Waals surface area contributed by atoms with Gasteiger partial charge < -0.3 is 0 Å². The monoisotopic (exact) mass is 248 g/mol. The molecule has 4 nitrogen and oxygen atoms in total. The maximum atomic E-state index is 6.02. The molecule has 0 saturated carbocycles. The van der Waals surface area contributed by atoms with Gasteiger partial charge in [-0.15, -0.1) is 11.6 Å². The normalized spacial score (nSPS) is 12.5. The molecule has 0 saturated heterocycles. The van der Waals surface area contributed by atoms with Crippen molar-refractivity contribution in [2.24, 2.45) is 0 Å². The van der Waals surface area contributed by atoms with Crippen LogP contribution in [0.3, 0.4) is 0 Å². The predicted octanol–water partition coefficient (Wildman–Crippen LogP) is 2.85. The first kappa shape index (κ1) is 11.9. The lowest BCUT2D eigenvalue weighted by Crippen LogP contribution is -2.01. The van der Waals surface area contributed by atoms with E-state index in [2.05, 4.69) is 19.9 Å². The highest BCUT2D eigenvalue weighted by Crippen LogP contribution is 2.22. The van der Waals surface area contributed by atoms with Crippen LogP contribution < -0.4 is 0 Å². The van der Waals surface area contributed by atoms with Gasteiger partial charge in [0.2, 0.25) is 0 Å². The summed E-state index contributed by atoms with van der Waals surface area (Å²) in [5.41, 5.74) is 2.81. The Morgan fingerprint density at radius 1 is 1.00 bits per heavy atom. The van der Waals surface area contributed by atoms with Crippen molar-refractivity contribution in [2.45, 2.75) is 26.1 Å². The number of aromatic nitrogens is 4. The summed E-state index contributed by atoms with van der Waals surface area (Å²) in [6.07, 6.45) is 5.23. The van der Waals surface area contributed by atoms with E-state index in [9.17, 15) is 0 Å². The van der Waals surface area contributed by atoms with Gasteiger partial charge in [0.15, 0.2) is 11.6 Å². The van der Waals surface area contributed by atoms with Crippen LogP contribution in [0.5, 0.6) is 0 Å². The Bertz CT molecular complexity index is 523. The van der Waals surface area contributed by atoms with E-state index in [0.29, 0.717) is 11.6 Å². The third-order valence-corrected chi connectivity index (χ3v) is 2.66. The van der Waals surface area contributed by atoms with Crippen LogP contribution in [-0.2, 0) is 0 Å². The zero-order chi connectivity index (χ0) is 12.4. The maximum Gasteiger partial charge on any atom is 0.197 e. The zero-order valence-electron chi connectivity index (χ0n) is 9.98. The topological polar surface area (TPSA) is 51.6 Å². The molecule has 2 aromatic rings. The zero-order valence-corrected chi connectivity index (χ0v) is 10.7. The fraction of sp³-hybridized carbons (Fsp3) is 0.333. The molecule has 0 spiro atoms. The van der Waals surface area contributed by atoms with E-state index < -0.39 is 0 Å². The summed E-state index contributed by atoms with van der Waals surface area (Å²) in [5.74, 6) is 1.07. The van der Waals surface area contributed by atoms with Gasteiger partial charge in [-0.05, 0) is 26.3 Å². The minimum absolute atomic E-state index is 0.0945. The van der Waals surface area contributed by atoms with Crippen molar-refractivity contribution in [3.63, 3.8) is 0 Å². The minimum Gasteiger partial charge on any atom is -0.234 e. The number of nitrogens with zero attached hydrogens (tertiary/aromatic N) is 4. The van der Waals surface area contributed by atoms with E-state index in [1.165, 1.54) is 0 Å². The number of halogens is 1. The summed E-state index contributed by atoms with van der Waals surface area (Å²) >= 11 is 6.02. The number of hydrogen-bond donors (Lipinski definition) is 0. The first-order valence-electron chi connectivity index (χ1n) is 5.34. The molecular formula is C12H13ClN4. The van der Waals surface area contributed by atoms with Gasteiger partial charge in [-0.2, -0.15) is 0 Å². The smallest absolute Gasteiger partial charge is 0.197 e. The van der Waals surface area contributed by atoms with Crippen molar-refractivity contribution in [3.8, 4) is 11.6 Å². The summed E-state index contributed by atoms with van der Waals surface area (Å²) in [6, 6.07) is 0. The van der Waals surface area contributed by atoms with E-state index in [4.69, 9.17) is 11.6 Å². The van der Waals surface area contributed by atoms with Gasteiger partial charge in [0.25, 0.3) is 0 Å². The Kier molecular flexibility index (Phi) is 3.33. The van der Waals surface area contributed by atoms with Crippen LogP contribution >= 0.6 is 11.6 Å². The van der Waals surface area contributed by atoms with Crippen molar-refractivity contribution in [2.75, 3.05) is 0 Å². The highest BCUT2D eigenvalue weighted by atomic mass is 35.5. The molecule has 0 radical (unpaired) electrons. The molecule has 0 fully saturated rings. The van der Waals surface area contributed by atoms with Gasteiger partial charge >= 0.3 is 0 Å². The van der Waals surface area contributed by atoms with Gasteiger partial charge in [0.05, 0.1) is 5.38 Å². The standard InChI is InChI=1S/C12H13ClN4/c1-7-4-14-11(15-5-7)12-16-6-10(8(2)13)9(3)17-12/h4-6,8H,1-3H3. The van der Waals surface area contributed by atoms with Gasteiger partial charge in [0, 0.05) is 29.8 Å². The van der Waals surface area contributed by atoms with Gasteiger partial charge in [0.1, 0.15) is 0 Å². The summed E-state index contributed by atoms with van der Waals surface area (Å²) in [6.45, 7) is 5.75. The average molecular weight is 249 g/mol. The predicted molar refractivity (Wildman–Crippen MR) is 66.8 cm³/mol. The minimum atomic E-state index is -0.0945. The molecule has 0 bridgehead atoms. The lowest BCUT2D eigenvalue weighted by molar-refractivity contribution is 0.960. The van der Waals surface area contributed by atoms with Crippen molar-refractivity contribution in [1.82, 2.24) is 19.9 Å². The van der Waals surface area contributed by atoms with Crippen LogP contribution in [-0.4, -0.2) is 19.9 Å². The molecule has 0 aliphatic heterocycles. The highest BCUT2D eigenvalue weighted by Gasteiger charge is 2.10. The van der Waals surface area contributed by atoms with Crippen LogP contribution in [0.15, 0.2) is 18.6 Å². The lowest BCUT2D eigenvalue weighted by atomic mass is 10.2. The van der Waals surface area contributed by atoms with Crippen LogP contribution in [0.1, 0.15) is 29.1 Å². The number of alkyl halides is 1. The lowest BCUT2D eigenvalue weighted by Gasteiger charge is -2.07. The van der Waals surface area contributed by atoms with Crippen molar-refractivity contribution < 1.29 is 0 Å². The molecule has 2 rings (SSSR count). The Morgan fingerprint density at radius 3 is 2.12 bits per heavy atom. The number of aryl methyl sites for hydroxylation is 2. The van der Waals surface area contributed by atoms with E-state index >= 15 is 0 Å². The molecule has 0 N–H and O–H groups in total. The van der Waals surface area contributed by atoms with Gasteiger partial charge in [-0.3, -0.25) is 0 Å². The molecular weight excluding hydrogens is 236 g/mol. The molecule has 2 heterocycles. The SMILES string of the molecule is Cc1cnc(-c2ncc(C(C)Cl)c(C)n2)nc1. The second-order valence-corrected chi connectivity index (χ2v) is 4.59. The average Bonchev–Trinajstić information content (AvgIpc) is 2.29. The molecule has 2 aromatic heterocycles. The second-order valence-electron chi connectivity index (χ2n) is 3.93. The van der Waals surface area contributed by atoms with Gasteiger partial charge in [-0.25, -0.2) is 19.9 Å². The first-order chi connectivity index (χ1) is 8.08. The third-order valence-electron chi connectivity index (χ3n) is 2.43. The summed E-state index contributed by atoms with van der Waals surface area (Å²) in [4.78, 5) is 17.0. The van der Waals surface area contributed by atoms with Crippen LogP contribution in [0.4, 0.5) is 0 Å². The number of rotatable bonds is 2. The molecule has 17 heavy (non-hydrogen) atoms. The van der Waals surface area contributed by atoms with E-state index in [1.807, 2.05) is 20.8 Å². The van der Waals surface area contributed by atoms with E-state index in [-0.39, 0.29) is 5.38 Å². The molecule has 0 aliphatic rings. The molecule has 0 aromatic carbocycles.